The number of benzene rings is 2. The van der Waals surface area contributed by atoms with E-state index in [-0.39, 0.29) is 34.8 Å². The molecule has 2 fully saturated rings. The summed E-state index contributed by atoms with van der Waals surface area (Å²) in [4.78, 5) is 42.8. The van der Waals surface area contributed by atoms with Crippen LogP contribution in [-0.2, 0) is 27.2 Å². The lowest BCUT2D eigenvalue weighted by molar-refractivity contribution is -0.143. The second-order valence-corrected chi connectivity index (χ2v) is 11.4. The van der Waals surface area contributed by atoms with Crippen LogP contribution < -0.4 is 31.7 Å². The average molecular weight is 595 g/mol. The van der Waals surface area contributed by atoms with E-state index in [9.17, 15) is 14.4 Å². The number of fused-ring (bicyclic) bond motifs is 1. The molecule has 0 aromatic heterocycles. The molecular formula is C31H42N6O4S. The van der Waals surface area contributed by atoms with Crippen LogP contribution in [-0.4, -0.2) is 79.1 Å². The first kappa shape index (κ1) is 31.2. The van der Waals surface area contributed by atoms with E-state index in [1.54, 1.807) is 19.1 Å². The SMILES string of the molecule is CNC(Cc1ccccc1)C(=O)NC1C(=O)N2C(CC[C@@H]1CNC(N)=S)CC[C@H]2C(=O)NCCc1ccc(OC)cc1. The molecule has 11 heteroatoms. The van der Waals surface area contributed by atoms with Crippen molar-refractivity contribution in [3.63, 3.8) is 0 Å². The van der Waals surface area contributed by atoms with Crippen LogP contribution in [0.2, 0.25) is 0 Å². The Morgan fingerprint density at radius 1 is 1.02 bits per heavy atom. The van der Waals surface area contributed by atoms with Crippen LogP contribution in [0.25, 0.3) is 0 Å². The van der Waals surface area contributed by atoms with Crippen molar-refractivity contribution in [1.82, 2.24) is 26.2 Å². The third-order valence-electron chi connectivity index (χ3n) is 8.32. The summed E-state index contributed by atoms with van der Waals surface area (Å²) in [6.45, 7) is 0.812. The third-order valence-corrected chi connectivity index (χ3v) is 8.47. The van der Waals surface area contributed by atoms with Gasteiger partial charge >= 0.3 is 0 Å². The van der Waals surface area contributed by atoms with Gasteiger partial charge in [0.05, 0.1) is 13.2 Å². The number of rotatable bonds is 12. The first-order chi connectivity index (χ1) is 20.3. The summed E-state index contributed by atoms with van der Waals surface area (Å²) >= 11 is 5.02. The minimum atomic E-state index is -0.816. The molecule has 3 unspecified atom stereocenters. The van der Waals surface area contributed by atoms with Gasteiger partial charge in [-0.1, -0.05) is 42.5 Å². The molecule has 2 aromatic carbocycles. The Morgan fingerprint density at radius 3 is 2.40 bits per heavy atom. The van der Waals surface area contributed by atoms with Crippen molar-refractivity contribution in [2.24, 2.45) is 11.7 Å². The normalized spacial score (nSPS) is 22.4. The van der Waals surface area contributed by atoms with Gasteiger partial charge in [0, 0.05) is 25.0 Å². The van der Waals surface area contributed by atoms with Crippen LogP contribution in [0.1, 0.15) is 36.8 Å². The number of hydrogen-bond donors (Lipinski definition) is 5. The molecule has 0 radical (unpaired) electrons. The molecule has 2 heterocycles. The molecular weight excluding hydrogens is 552 g/mol. The lowest BCUT2D eigenvalue weighted by Gasteiger charge is -2.33. The molecule has 4 rings (SSSR count). The van der Waals surface area contributed by atoms with Gasteiger partial charge in [-0.05, 0) is 81.1 Å². The van der Waals surface area contributed by atoms with Gasteiger partial charge < -0.3 is 36.6 Å². The Labute approximate surface area is 253 Å². The predicted octanol–water partition coefficient (Wildman–Crippen LogP) is 1.27. The Balaban J connectivity index is 1.46. The first-order valence-corrected chi connectivity index (χ1v) is 15.0. The number of hydrogen-bond acceptors (Lipinski definition) is 6. The number of ether oxygens (including phenoxy) is 1. The van der Waals surface area contributed by atoms with Gasteiger partial charge in [0.15, 0.2) is 5.11 Å². The smallest absolute Gasteiger partial charge is 0.246 e. The van der Waals surface area contributed by atoms with Gasteiger partial charge in [0.2, 0.25) is 17.7 Å². The van der Waals surface area contributed by atoms with Crippen molar-refractivity contribution in [2.75, 3.05) is 27.2 Å². The quantitative estimate of drug-likeness (QED) is 0.232. The summed E-state index contributed by atoms with van der Waals surface area (Å²) in [6, 6.07) is 15.5. The second kappa shape index (κ2) is 15.0. The molecule has 2 saturated heterocycles. The van der Waals surface area contributed by atoms with Crippen molar-refractivity contribution in [3.05, 3.63) is 65.7 Å². The molecule has 0 bridgehead atoms. The number of likely N-dealkylation sites (N-methyl/N-ethyl adjacent to an activating group) is 1. The number of carbonyl (C=O) groups excluding carboxylic acids is 3. The molecule has 0 saturated carbocycles. The number of methoxy groups -OCH3 is 1. The molecule has 10 nitrogen and oxygen atoms in total. The molecule has 5 atom stereocenters. The third kappa shape index (κ3) is 7.98. The van der Waals surface area contributed by atoms with E-state index in [4.69, 9.17) is 22.7 Å². The molecule has 2 aliphatic rings. The average Bonchev–Trinajstić information content (AvgIpc) is 3.38. The first-order valence-electron chi connectivity index (χ1n) is 14.6. The minimum absolute atomic E-state index is 0.0616. The van der Waals surface area contributed by atoms with E-state index in [0.717, 1.165) is 29.7 Å². The number of nitrogens with one attached hydrogen (secondary N) is 4. The molecule has 0 spiro atoms. The molecule has 6 N–H and O–H groups in total. The van der Waals surface area contributed by atoms with E-state index in [1.165, 1.54) is 0 Å². The van der Waals surface area contributed by atoms with E-state index in [2.05, 4.69) is 21.3 Å². The zero-order valence-corrected chi connectivity index (χ0v) is 25.1. The predicted molar refractivity (Wildman–Crippen MR) is 166 cm³/mol. The monoisotopic (exact) mass is 594 g/mol. The van der Waals surface area contributed by atoms with Crippen LogP contribution in [0.5, 0.6) is 5.75 Å². The standard InChI is InChI=1S/C31H42N6O4S/c1-33-25(18-21-6-4-3-5-7-21)28(38)36-27-22(19-35-31(32)42)10-11-23-12-15-26(37(23)30(27)40)29(39)34-17-16-20-8-13-24(41-2)14-9-20/h3-9,13-14,22-23,25-27,33H,10-12,15-19H2,1-2H3,(H,34,39)(H,36,38)(H3,32,35,42)/t22-,23?,25?,26+,27?/m1/s1. The van der Waals surface area contributed by atoms with Crippen molar-refractivity contribution < 1.29 is 19.1 Å². The zero-order chi connectivity index (χ0) is 30.1. The van der Waals surface area contributed by atoms with Crippen LogP contribution in [0, 0.1) is 5.92 Å². The summed E-state index contributed by atoms with van der Waals surface area (Å²) in [5, 5.41) is 12.3. The zero-order valence-electron chi connectivity index (χ0n) is 24.3. The Bertz CT molecular complexity index is 1230. The molecule has 226 valence electrons. The number of nitrogens with two attached hydrogens (primary N) is 1. The van der Waals surface area contributed by atoms with Crippen LogP contribution >= 0.6 is 12.2 Å². The van der Waals surface area contributed by atoms with E-state index >= 15 is 0 Å². The summed E-state index contributed by atoms with van der Waals surface area (Å²) < 4.78 is 5.21. The lowest BCUT2D eigenvalue weighted by Crippen LogP contribution is -2.59. The van der Waals surface area contributed by atoms with Crippen molar-refractivity contribution >= 4 is 35.1 Å². The van der Waals surface area contributed by atoms with Gasteiger partial charge in [-0.3, -0.25) is 14.4 Å². The van der Waals surface area contributed by atoms with Crippen LogP contribution in [0.15, 0.2) is 54.6 Å². The lowest BCUT2D eigenvalue weighted by atomic mass is 9.92. The van der Waals surface area contributed by atoms with Gasteiger partial charge in [-0.2, -0.15) is 0 Å². The fourth-order valence-corrected chi connectivity index (χ4v) is 6.08. The Kier molecular flexibility index (Phi) is 11.1. The maximum Gasteiger partial charge on any atom is 0.246 e. The van der Waals surface area contributed by atoms with Gasteiger partial charge in [0.1, 0.15) is 17.8 Å². The highest BCUT2D eigenvalue weighted by atomic mass is 32.1. The van der Waals surface area contributed by atoms with Gasteiger partial charge in [-0.15, -0.1) is 0 Å². The maximum absolute atomic E-state index is 14.2. The number of thiocarbonyl (C=S) groups is 1. The van der Waals surface area contributed by atoms with Gasteiger partial charge in [-0.25, -0.2) is 0 Å². The van der Waals surface area contributed by atoms with Crippen LogP contribution in [0.3, 0.4) is 0 Å². The minimum Gasteiger partial charge on any atom is -0.497 e. The number of amides is 3. The molecule has 2 aromatic rings. The topological polar surface area (TPSA) is 138 Å². The summed E-state index contributed by atoms with van der Waals surface area (Å²) in [5.41, 5.74) is 7.80. The Morgan fingerprint density at radius 2 is 1.74 bits per heavy atom. The van der Waals surface area contributed by atoms with E-state index in [1.807, 2.05) is 54.6 Å². The largest absolute Gasteiger partial charge is 0.497 e. The highest BCUT2D eigenvalue weighted by Gasteiger charge is 2.47. The molecule has 0 aliphatic carbocycles. The second-order valence-electron chi connectivity index (χ2n) is 11.0. The van der Waals surface area contributed by atoms with Crippen molar-refractivity contribution in [1.29, 1.82) is 0 Å². The highest BCUT2D eigenvalue weighted by molar-refractivity contribution is 7.80. The van der Waals surface area contributed by atoms with Crippen LogP contribution in [0.4, 0.5) is 0 Å². The fourth-order valence-electron chi connectivity index (χ4n) is 5.99. The van der Waals surface area contributed by atoms with Crippen molar-refractivity contribution in [3.8, 4) is 5.75 Å². The maximum atomic E-state index is 14.2. The summed E-state index contributed by atoms with van der Waals surface area (Å²) in [5.74, 6) is -0.118. The molecule has 3 amide bonds. The summed E-state index contributed by atoms with van der Waals surface area (Å²) in [7, 11) is 3.36. The highest BCUT2D eigenvalue weighted by Crippen LogP contribution is 2.34. The number of carbonyl (C=O) groups is 3. The molecule has 2 aliphatic heterocycles. The Hall–Kier alpha value is -3.70. The van der Waals surface area contributed by atoms with E-state index in [0.29, 0.717) is 38.8 Å². The van der Waals surface area contributed by atoms with Crippen molar-refractivity contribution in [2.45, 2.75) is 62.7 Å². The summed E-state index contributed by atoms with van der Waals surface area (Å²) in [6.07, 6.45) is 3.89. The fraction of sp³-hybridized carbons (Fsp3) is 0.484. The van der Waals surface area contributed by atoms with Gasteiger partial charge in [0.25, 0.3) is 0 Å². The molecule has 42 heavy (non-hydrogen) atoms. The number of nitrogens with zero attached hydrogens (tertiary/aromatic N) is 1. The van der Waals surface area contributed by atoms with E-state index < -0.39 is 18.1 Å².